The topological polar surface area (TPSA) is 378 Å². The number of guanidine groups is 2. The Morgan fingerprint density at radius 3 is 1.48 bits per heavy atom. The van der Waals surface area contributed by atoms with Gasteiger partial charge in [-0.05, 0) is 62.4 Å². The van der Waals surface area contributed by atoms with E-state index in [0.29, 0.717) is 59.7 Å². The van der Waals surface area contributed by atoms with Crippen molar-refractivity contribution in [2.45, 2.75) is 68.1 Å². The molecule has 1 aliphatic rings. The van der Waals surface area contributed by atoms with E-state index in [0.717, 1.165) is 0 Å². The molecule has 3 rings (SSSR count). The van der Waals surface area contributed by atoms with E-state index in [2.05, 4.69) is 68.1 Å². The Balaban J connectivity index is 2.02. The molecule has 1 heterocycles. The summed E-state index contributed by atoms with van der Waals surface area (Å²) in [6, 6.07) is 5.43. The second-order valence-electron chi connectivity index (χ2n) is 13.8. The maximum Gasteiger partial charge on any atom is 0.274 e. The highest BCUT2D eigenvalue weighted by Crippen LogP contribution is 2.37. The number of nitrogens with zero attached hydrogens (tertiary/aromatic N) is 3. The van der Waals surface area contributed by atoms with Gasteiger partial charge in [0.1, 0.15) is 15.5 Å². The Labute approximate surface area is 382 Å². The molecule has 344 valence electrons. The normalized spacial score (nSPS) is 12.7. The van der Waals surface area contributed by atoms with E-state index in [4.69, 9.17) is 34.4 Å². The number of sulfone groups is 2. The quantitative estimate of drug-likeness (QED) is 0.0433. The molecule has 1 aliphatic heterocycles. The zero-order valence-corrected chi connectivity index (χ0v) is 39.3. The number of allylic oxidation sites excluding steroid dienone is 1. The lowest BCUT2D eigenvalue weighted by Crippen LogP contribution is -2.24. The molecule has 16 N–H and O–H groups in total. The Morgan fingerprint density at radius 1 is 0.667 bits per heavy atom. The summed E-state index contributed by atoms with van der Waals surface area (Å²) in [5.41, 5.74) is 32.2. The first-order valence-corrected chi connectivity index (χ1v) is 24.4. The lowest BCUT2D eigenvalue weighted by molar-refractivity contribution is -0.117. The van der Waals surface area contributed by atoms with Crippen LogP contribution in [0.15, 0.2) is 80.9 Å². The second kappa shape index (κ2) is 24.6. The van der Waals surface area contributed by atoms with Gasteiger partial charge in [0, 0.05) is 66.2 Å². The molecule has 0 saturated heterocycles. The number of hydrogen-bond donors (Lipinski definition) is 10. The molecule has 0 aliphatic carbocycles. The number of amides is 4. The van der Waals surface area contributed by atoms with Gasteiger partial charge in [-0.3, -0.25) is 34.2 Å². The number of aliphatic imine (C=N–C) groups is 3. The number of hydrogen-bond acceptors (Lipinski definition) is 13. The first-order chi connectivity index (χ1) is 29.7. The van der Waals surface area contributed by atoms with E-state index in [-0.39, 0.29) is 78.3 Å². The van der Waals surface area contributed by atoms with Crippen molar-refractivity contribution in [3.8, 4) is 0 Å². The molecular formula is C38H53Br2N13O8S2. The Morgan fingerprint density at radius 2 is 1.08 bits per heavy atom. The van der Waals surface area contributed by atoms with Crippen LogP contribution in [0.5, 0.6) is 0 Å². The third kappa shape index (κ3) is 16.1. The number of rotatable bonds is 23. The Hall–Kier alpha value is -5.21. The number of benzene rings is 2. The molecule has 4 amide bonds. The van der Waals surface area contributed by atoms with E-state index in [1.807, 2.05) is 0 Å². The zero-order valence-electron chi connectivity index (χ0n) is 34.5. The molecule has 0 radical (unpaired) electrons. The molecule has 0 saturated carbocycles. The highest BCUT2D eigenvalue weighted by atomic mass is 79.9. The van der Waals surface area contributed by atoms with Crippen molar-refractivity contribution in [3.63, 3.8) is 0 Å². The Kier molecular flexibility index (Phi) is 20.3. The highest BCUT2D eigenvalue weighted by molar-refractivity contribution is 9.10. The second-order valence-corrected chi connectivity index (χ2v) is 19.7. The molecule has 0 aromatic heterocycles. The van der Waals surface area contributed by atoms with Crippen molar-refractivity contribution in [1.82, 2.24) is 0 Å². The Bertz CT molecular complexity index is 2430. The molecule has 0 spiro atoms. The number of nitrogens with two attached hydrogens (primary N) is 6. The number of halogens is 2. The van der Waals surface area contributed by atoms with Crippen molar-refractivity contribution in [1.29, 1.82) is 0 Å². The van der Waals surface area contributed by atoms with Crippen LogP contribution in [-0.2, 0) is 38.9 Å². The number of anilines is 4. The molecule has 0 bridgehead atoms. The average Bonchev–Trinajstić information content (AvgIpc) is 3.40. The van der Waals surface area contributed by atoms with Crippen molar-refractivity contribution in [2.24, 2.45) is 49.4 Å². The lowest BCUT2D eigenvalue weighted by atomic mass is 10.0. The summed E-state index contributed by atoms with van der Waals surface area (Å²) in [5.74, 6) is -3.99. The smallest absolute Gasteiger partial charge is 0.274 e. The van der Waals surface area contributed by atoms with Crippen LogP contribution in [0.2, 0.25) is 0 Å². The standard InChI is InChI=1S/C38H53Br2N13O8S2/c1-2-22-9-14-47-30(36(57)53-29-20-24(40)18-27(34(29)63(60,61)16-11-42)51-32(55)8-4-6-13-49-38(45)46)21-25(22)35(56)52-28-19-23(39)17-26(33(28)62(58,59)15-10-41)50-31(54)7-3-5-12-48-37(43)44/h14,17-21H,2-13,15-16,41-42H2,1H3,(H,50,54)(H,51,55)(H,52,56)(H,53,57)(H4,43,44,48)(H4,45,46,49). The monoisotopic (exact) mass is 1040 g/mol. The molecule has 0 fully saturated rings. The molecule has 25 heteroatoms. The molecule has 63 heavy (non-hydrogen) atoms. The van der Waals surface area contributed by atoms with Gasteiger partial charge in [0.2, 0.25) is 11.8 Å². The molecule has 21 nitrogen and oxygen atoms in total. The number of unbranched alkanes of at least 4 members (excludes halogenated alkanes) is 2. The summed E-state index contributed by atoms with van der Waals surface area (Å²) in [4.78, 5) is 65.4. The number of carbonyl (C=O) groups excluding carboxylic acids is 4. The molecule has 2 aromatic rings. The average molecular weight is 1040 g/mol. The SMILES string of the molecule is CCC1=C(C(=O)Nc2cc(Br)cc(NC(=O)CCCCN=C(N)N)c2S(=O)(=O)CCN)C=C(C(=O)Nc2cc(Br)cc(NC(=O)CCCCN=C(N)N)c2S(=O)(=O)CCN)N=CC1. The van der Waals surface area contributed by atoms with Gasteiger partial charge in [-0.2, -0.15) is 0 Å². The van der Waals surface area contributed by atoms with E-state index in [1.165, 1.54) is 36.6 Å². The van der Waals surface area contributed by atoms with E-state index in [1.54, 1.807) is 6.92 Å². The summed E-state index contributed by atoms with van der Waals surface area (Å²) >= 11 is 6.67. The van der Waals surface area contributed by atoms with Crippen molar-refractivity contribution < 1.29 is 36.0 Å². The molecular weight excluding hydrogens is 990 g/mol. The highest BCUT2D eigenvalue weighted by Gasteiger charge is 2.29. The van der Waals surface area contributed by atoms with Gasteiger partial charge in [-0.25, -0.2) is 16.8 Å². The van der Waals surface area contributed by atoms with Crippen LogP contribution in [-0.4, -0.2) is 96.3 Å². The third-order valence-corrected chi connectivity index (χ3v) is 13.5. The third-order valence-electron chi connectivity index (χ3n) is 8.89. The number of nitrogens with one attached hydrogen (secondary N) is 4. The van der Waals surface area contributed by atoms with Crippen molar-refractivity contribution >= 4 is 116 Å². The largest absolute Gasteiger partial charge is 0.370 e. The van der Waals surface area contributed by atoms with Crippen LogP contribution in [0.25, 0.3) is 0 Å². The fraction of sp³-hybridized carbons (Fsp3) is 0.395. The van der Waals surface area contributed by atoms with E-state index < -0.39 is 64.6 Å². The molecule has 0 atom stereocenters. The molecule has 0 unspecified atom stereocenters. The van der Waals surface area contributed by atoms with Gasteiger partial charge in [-0.15, -0.1) is 0 Å². The predicted octanol–water partition coefficient (Wildman–Crippen LogP) is 2.08. The lowest BCUT2D eigenvalue weighted by Gasteiger charge is -2.18. The fourth-order valence-electron chi connectivity index (χ4n) is 6.08. The van der Waals surface area contributed by atoms with Crippen LogP contribution in [0.4, 0.5) is 22.7 Å². The summed E-state index contributed by atoms with van der Waals surface area (Å²) in [5, 5.41) is 10.5. The van der Waals surface area contributed by atoms with Gasteiger partial charge in [0.15, 0.2) is 31.6 Å². The maximum absolute atomic E-state index is 14.2. The summed E-state index contributed by atoms with van der Waals surface area (Å²) in [6.45, 7) is 1.82. The van der Waals surface area contributed by atoms with Crippen LogP contribution in [0, 0.1) is 0 Å². The predicted molar refractivity (Wildman–Crippen MR) is 253 cm³/mol. The van der Waals surface area contributed by atoms with E-state index in [9.17, 15) is 36.0 Å². The van der Waals surface area contributed by atoms with Gasteiger partial charge < -0.3 is 55.7 Å². The first-order valence-electron chi connectivity index (χ1n) is 19.5. The minimum absolute atomic E-state index is 0.00221. The van der Waals surface area contributed by atoms with Gasteiger partial charge in [0.05, 0.1) is 34.3 Å². The molecule has 2 aromatic carbocycles. The van der Waals surface area contributed by atoms with Crippen molar-refractivity contribution in [3.05, 3.63) is 56.1 Å². The van der Waals surface area contributed by atoms with Crippen LogP contribution < -0.4 is 55.7 Å². The van der Waals surface area contributed by atoms with Gasteiger partial charge in [0.25, 0.3) is 11.8 Å². The van der Waals surface area contributed by atoms with Crippen LogP contribution >= 0.6 is 31.9 Å². The van der Waals surface area contributed by atoms with Crippen molar-refractivity contribution in [2.75, 3.05) is 59.0 Å². The van der Waals surface area contributed by atoms with Crippen LogP contribution in [0.1, 0.15) is 58.3 Å². The van der Waals surface area contributed by atoms with Crippen LogP contribution in [0.3, 0.4) is 0 Å². The summed E-state index contributed by atoms with van der Waals surface area (Å²) in [7, 11) is -8.45. The minimum atomic E-state index is -4.23. The van der Waals surface area contributed by atoms with E-state index >= 15 is 0 Å². The maximum atomic E-state index is 14.2. The number of carbonyl (C=O) groups is 4. The van der Waals surface area contributed by atoms with Gasteiger partial charge >= 0.3 is 0 Å². The van der Waals surface area contributed by atoms with Gasteiger partial charge in [-0.1, -0.05) is 44.4 Å². The first kappa shape index (κ1) is 52.1. The summed E-state index contributed by atoms with van der Waals surface area (Å²) < 4.78 is 55.3. The fourth-order valence-corrected chi connectivity index (χ4v) is 9.81. The zero-order chi connectivity index (χ0) is 46.9. The summed E-state index contributed by atoms with van der Waals surface area (Å²) in [6.07, 6.45) is 4.76. The minimum Gasteiger partial charge on any atom is -0.370 e.